The Morgan fingerprint density at radius 3 is 2.83 bits per heavy atom. The van der Waals surface area contributed by atoms with Crippen molar-refractivity contribution in [1.29, 1.82) is 0 Å². The maximum absolute atomic E-state index is 12.7. The second-order valence-corrected chi connectivity index (χ2v) is 5.46. The van der Waals surface area contributed by atoms with Gasteiger partial charge in [0.15, 0.2) is 12.4 Å². The lowest BCUT2D eigenvalue weighted by atomic mass is 9.94. The highest BCUT2D eigenvalue weighted by atomic mass is 16.5. The summed E-state index contributed by atoms with van der Waals surface area (Å²) < 4.78 is 6.74. The van der Waals surface area contributed by atoms with E-state index in [0.29, 0.717) is 36.8 Å². The molecule has 7 heteroatoms. The Labute approximate surface area is 134 Å². The van der Waals surface area contributed by atoms with Crippen LogP contribution in [-0.4, -0.2) is 43.8 Å². The quantitative estimate of drug-likeness (QED) is 0.773. The molecule has 3 rings (SSSR count). The molecule has 1 aromatic rings. The van der Waals surface area contributed by atoms with Gasteiger partial charge in [-0.3, -0.25) is 0 Å². The number of aryl methyl sites for hydroxylation is 1. The zero-order valence-corrected chi connectivity index (χ0v) is 13.2. The van der Waals surface area contributed by atoms with Crippen LogP contribution in [0.1, 0.15) is 32.0 Å². The van der Waals surface area contributed by atoms with Gasteiger partial charge in [0.25, 0.3) is 5.89 Å². The first-order valence-corrected chi connectivity index (χ1v) is 7.81. The molecule has 0 radical (unpaired) electrons. The standard InChI is InChI=1S/C16H19N4O3/c1-3-9-19-15(21)11-7-5-6-8-12(11)20(16(19)22)10-14-17-13(4-2)18-23-14/h5-8,11H,3-4,9-10H2,1-2H3/q+1. The van der Waals surface area contributed by atoms with E-state index in [2.05, 4.69) is 10.1 Å². The van der Waals surface area contributed by atoms with Gasteiger partial charge in [-0.25, -0.2) is 4.79 Å². The maximum atomic E-state index is 12.7. The molecule has 1 aromatic heterocycles. The van der Waals surface area contributed by atoms with E-state index in [-0.39, 0.29) is 18.5 Å². The Kier molecular flexibility index (Phi) is 4.18. The van der Waals surface area contributed by atoms with E-state index in [1.165, 1.54) is 4.90 Å². The molecule has 0 aromatic carbocycles. The number of imide groups is 1. The highest BCUT2D eigenvalue weighted by molar-refractivity contribution is 6.16. The maximum Gasteiger partial charge on any atom is 0.501 e. The van der Waals surface area contributed by atoms with Gasteiger partial charge >= 0.3 is 11.9 Å². The van der Waals surface area contributed by atoms with Crippen molar-refractivity contribution < 1.29 is 18.7 Å². The molecule has 0 bridgehead atoms. The third kappa shape index (κ3) is 2.74. The molecule has 0 saturated heterocycles. The number of carbonyl (C=O) groups excluding carboxylic acids is 2. The third-order valence-electron chi connectivity index (χ3n) is 3.87. The summed E-state index contributed by atoms with van der Waals surface area (Å²) in [6, 6.07) is -0.334. The Morgan fingerprint density at radius 2 is 2.13 bits per heavy atom. The predicted molar refractivity (Wildman–Crippen MR) is 81.8 cm³/mol. The molecule has 2 aliphatic rings. The summed E-state index contributed by atoms with van der Waals surface area (Å²) in [4.78, 5) is 30.8. The number of fused-ring (bicyclic) bond motifs is 1. The number of hydrogen-bond acceptors (Lipinski definition) is 5. The molecule has 2 heterocycles. The van der Waals surface area contributed by atoms with Crippen LogP contribution >= 0.6 is 0 Å². The van der Waals surface area contributed by atoms with Gasteiger partial charge in [0.1, 0.15) is 11.6 Å². The first kappa shape index (κ1) is 15.3. The van der Waals surface area contributed by atoms with E-state index in [4.69, 9.17) is 4.52 Å². The number of allylic oxidation sites excluding steroid dienone is 3. The molecular formula is C16H19N4O3+. The van der Waals surface area contributed by atoms with Crippen molar-refractivity contribution in [2.24, 2.45) is 5.92 Å². The van der Waals surface area contributed by atoms with Gasteiger partial charge in [-0.15, -0.1) is 0 Å². The fourth-order valence-electron chi connectivity index (χ4n) is 2.74. The Bertz CT molecular complexity index is 729. The van der Waals surface area contributed by atoms with Crippen molar-refractivity contribution in [2.75, 3.05) is 6.54 Å². The summed E-state index contributed by atoms with van der Waals surface area (Å²) in [6.45, 7) is 4.44. The van der Waals surface area contributed by atoms with Crippen LogP contribution in [0.5, 0.6) is 0 Å². The molecule has 3 amide bonds. The number of carbonyl (C=O) groups is 2. The predicted octanol–water partition coefficient (Wildman–Crippen LogP) is 1.70. The molecule has 0 spiro atoms. The molecule has 120 valence electrons. The lowest BCUT2D eigenvalue weighted by Gasteiger charge is -2.26. The van der Waals surface area contributed by atoms with Crippen molar-refractivity contribution in [2.45, 2.75) is 33.2 Å². The van der Waals surface area contributed by atoms with Crippen LogP contribution in [0.15, 0.2) is 28.8 Å². The van der Waals surface area contributed by atoms with Crippen molar-refractivity contribution in [3.05, 3.63) is 36.0 Å². The van der Waals surface area contributed by atoms with Crippen LogP contribution in [-0.2, 0) is 17.8 Å². The first-order chi connectivity index (χ1) is 11.2. The summed E-state index contributed by atoms with van der Waals surface area (Å²) in [7, 11) is 0. The summed E-state index contributed by atoms with van der Waals surface area (Å²) in [5.74, 6) is 0.364. The number of nitrogens with zero attached hydrogens (tertiary/aromatic N) is 4. The average Bonchev–Trinajstić information content (AvgIpc) is 3.03. The zero-order chi connectivity index (χ0) is 16.4. The largest absolute Gasteiger partial charge is 0.501 e. The number of urea groups is 1. The Balaban J connectivity index is 1.99. The van der Waals surface area contributed by atoms with Crippen LogP contribution in [0.2, 0.25) is 0 Å². The van der Waals surface area contributed by atoms with Crippen LogP contribution in [0.4, 0.5) is 4.79 Å². The Hall–Kier alpha value is -2.57. The zero-order valence-electron chi connectivity index (χ0n) is 13.2. The van der Waals surface area contributed by atoms with Crippen molar-refractivity contribution in [3.63, 3.8) is 0 Å². The second kappa shape index (κ2) is 6.28. The van der Waals surface area contributed by atoms with E-state index < -0.39 is 5.92 Å². The monoisotopic (exact) mass is 315 g/mol. The number of hydrogen-bond donors (Lipinski definition) is 0. The van der Waals surface area contributed by atoms with E-state index in [1.54, 1.807) is 10.7 Å². The SMILES string of the molecule is CCCN1C(=O)C2C=CC=CC2=[N+](Cc2nc(CC)no2)C1=O. The Morgan fingerprint density at radius 1 is 1.30 bits per heavy atom. The molecule has 0 fully saturated rings. The average molecular weight is 315 g/mol. The summed E-state index contributed by atoms with van der Waals surface area (Å²) in [5.41, 5.74) is 0.658. The lowest BCUT2D eigenvalue weighted by molar-refractivity contribution is -0.460. The summed E-state index contributed by atoms with van der Waals surface area (Å²) >= 11 is 0. The van der Waals surface area contributed by atoms with Gasteiger partial charge in [0.05, 0.1) is 6.54 Å². The van der Waals surface area contributed by atoms with E-state index in [9.17, 15) is 9.59 Å². The molecule has 7 nitrogen and oxygen atoms in total. The topological polar surface area (TPSA) is 79.3 Å². The number of aromatic nitrogens is 2. The number of rotatable bonds is 5. The minimum Gasteiger partial charge on any atom is -0.335 e. The smallest absolute Gasteiger partial charge is 0.335 e. The third-order valence-corrected chi connectivity index (χ3v) is 3.87. The molecule has 1 aliphatic heterocycles. The van der Waals surface area contributed by atoms with Gasteiger partial charge in [-0.05, 0) is 12.5 Å². The van der Waals surface area contributed by atoms with Gasteiger partial charge in [-0.2, -0.15) is 19.3 Å². The molecule has 0 saturated carbocycles. The molecule has 0 N–H and O–H groups in total. The normalized spacial score (nSPS) is 20.4. The fraction of sp³-hybridized carbons (Fsp3) is 0.438. The van der Waals surface area contributed by atoms with Gasteiger partial charge in [-0.1, -0.05) is 37.2 Å². The van der Waals surface area contributed by atoms with E-state index in [0.717, 1.165) is 0 Å². The van der Waals surface area contributed by atoms with Crippen LogP contribution in [0.25, 0.3) is 0 Å². The van der Waals surface area contributed by atoms with E-state index in [1.807, 2.05) is 32.1 Å². The molecule has 1 aliphatic carbocycles. The first-order valence-electron chi connectivity index (χ1n) is 7.81. The van der Waals surface area contributed by atoms with Crippen LogP contribution in [0.3, 0.4) is 0 Å². The minimum absolute atomic E-state index is 0.170. The van der Waals surface area contributed by atoms with Gasteiger partial charge in [0.2, 0.25) is 0 Å². The van der Waals surface area contributed by atoms with Gasteiger partial charge in [0, 0.05) is 6.42 Å². The van der Waals surface area contributed by atoms with Crippen molar-refractivity contribution in [3.8, 4) is 0 Å². The number of amides is 3. The van der Waals surface area contributed by atoms with Crippen LogP contribution < -0.4 is 0 Å². The minimum atomic E-state index is -0.433. The van der Waals surface area contributed by atoms with Gasteiger partial charge < -0.3 is 4.52 Å². The molecule has 23 heavy (non-hydrogen) atoms. The van der Waals surface area contributed by atoms with E-state index >= 15 is 0 Å². The summed E-state index contributed by atoms with van der Waals surface area (Å²) in [5, 5.41) is 3.85. The molecule has 1 unspecified atom stereocenters. The highest BCUT2D eigenvalue weighted by Gasteiger charge is 2.46. The molecular weight excluding hydrogens is 296 g/mol. The lowest BCUT2D eigenvalue weighted by Crippen LogP contribution is -2.54. The van der Waals surface area contributed by atoms with Crippen LogP contribution in [0, 0.1) is 5.92 Å². The van der Waals surface area contributed by atoms with Crippen molar-refractivity contribution in [1.82, 2.24) is 15.0 Å². The highest BCUT2D eigenvalue weighted by Crippen LogP contribution is 2.21. The summed E-state index contributed by atoms with van der Waals surface area (Å²) in [6.07, 6.45) is 8.63. The van der Waals surface area contributed by atoms with Crippen molar-refractivity contribution >= 4 is 17.6 Å². The molecule has 1 atom stereocenters. The second-order valence-electron chi connectivity index (χ2n) is 5.46. The fourth-order valence-corrected chi connectivity index (χ4v) is 2.74.